The van der Waals surface area contributed by atoms with Crippen LogP contribution >= 0.6 is 0 Å². The van der Waals surface area contributed by atoms with Crippen LogP contribution < -0.4 is 5.73 Å². The molecule has 8 heteroatoms. The van der Waals surface area contributed by atoms with Gasteiger partial charge in [0.2, 0.25) is 0 Å². The summed E-state index contributed by atoms with van der Waals surface area (Å²) in [7, 11) is 0. The molecule has 6 N–H and O–H groups in total. The van der Waals surface area contributed by atoms with Gasteiger partial charge in [0.1, 0.15) is 12.2 Å². The monoisotopic (exact) mass is 405 g/mol. The summed E-state index contributed by atoms with van der Waals surface area (Å²) < 4.78 is 10.1. The summed E-state index contributed by atoms with van der Waals surface area (Å²) in [5, 5.41) is 39.0. The van der Waals surface area contributed by atoms with E-state index in [4.69, 9.17) is 20.3 Å². The first-order valence-electron chi connectivity index (χ1n) is 10.7. The van der Waals surface area contributed by atoms with E-state index in [0.717, 1.165) is 19.3 Å². The van der Waals surface area contributed by atoms with Crippen molar-refractivity contribution in [3.05, 3.63) is 0 Å². The fraction of sp³-hybridized carbons (Fsp3) is 0.950. The first-order chi connectivity index (χ1) is 13.4. The predicted molar refractivity (Wildman–Crippen MR) is 104 cm³/mol. The van der Waals surface area contributed by atoms with Crippen molar-refractivity contribution in [1.82, 2.24) is 0 Å². The molecule has 0 aromatic heterocycles. The molecule has 0 aliphatic carbocycles. The van der Waals surface area contributed by atoms with E-state index in [9.17, 15) is 20.1 Å². The lowest BCUT2D eigenvalue weighted by molar-refractivity contribution is -0.254. The van der Waals surface area contributed by atoms with E-state index in [2.05, 4.69) is 6.92 Å². The highest BCUT2D eigenvalue weighted by Crippen LogP contribution is 2.22. The van der Waals surface area contributed by atoms with E-state index in [-0.39, 0.29) is 6.42 Å². The zero-order valence-electron chi connectivity index (χ0n) is 17.0. The van der Waals surface area contributed by atoms with Gasteiger partial charge in [-0.3, -0.25) is 4.79 Å². The lowest BCUT2D eigenvalue weighted by Gasteiger charge is -2.40. The second-order valence-electron chi connectivity index (χ2n) is 7.75. The molecule has 0 aromatic carbocycles. The molecule has 1 unspecified atom stereocenters. The number of nitrogens with two attached hydrogens (primary N) is 1. The fourth-order valence-corrected chi connectivity index (χ4v) is 3.44. The highest BCUT2D eigenvalue weighted by molar-refractivity contribution is 5.70. The largest absolute Gasteiger partial charge is 0.458 e. The number of aliphatic hydroxyl groups excluding tert-OH is 4. The Hall–Kier alpha value is -0.770. The Kier molecular flexibility index (Phi) is 12.9. The molecule has 0 aromatic rings. The van der Waals surface area contributed by atoms with Gasteiger partial charge >= 0.3 is 5.97 Å². The number of carbonyl (C=O) groups excluding carboxylic acids is 1. The number of hydrogen-bond donors (Lipinski definition) is 5. The van der Waals surface area contributed by atoms with Gasteiger partial charge in [-0.1, -0.05) is 64.7 Å². The van der Waals surface area contributed by atoms with E-state index < -0.39 is 49.3 Å². The normalized spacial score (nSPS) is 28.9. The van der Waals surface area contributed by atoms with E-state index in [1.807, 2.05) is 0 Å². The van der Waals surface area contributed by atoms with Gasteiger partial charge in [0.15, 0.2) is 12.4 Å². The highest BCUT2D eigenvalue weighted by atomic mass is 16.6. The number of esters is 1. The second-order valence-corrected chi connectivity index (χ2v) is 7.75. The van der Waals surface area contributed by atoms with Gasteiger partial charge < -0.3 is 35.6 Å². The molecule has 166 valence electrons. The summed E-state index contributed by atoms with van der Waals surface area (Å²) in [5.41, 5.74) is 5.72. The first kappa shape index (κ1) is 25.3. The van der Waals surface area contributed by atoms with Crippen LogP contribution in [0.15, 0.2) is 0 Å². The zero-order valence-corrected chi connectivity index (χ0v) is 17.0. The Bertz CT molecular complexity index is 423. The van der Waals surface area contributed by atoms with Gasteiger partial charge in [0.05, 0.1) is 25.2 Å². The molecule has 0 bridgehead atoms. The summed E-state index contributed by atoms with van der Waals surface area (Å²) in [6, 6.07) is -1.13. The quantitative estimate of drug-likeness (QED) is 0.212. The Labute approximate surface area is 168 Å². The SMILES string of the molecule is CCCCCCCCCCC[C@@H](O)CC(=O)O[C@H]1[C@H](O)[C@@H](CO)OC(O)[C@@H]1N. The third-order valence-corrected chi connectivity index (χ3v) is 5.23. The molecule has 1 aliphatic rings. The molecule has 8 nitrogen and oxygen atoms in total. The molecule has 1 heterocycles. The van der Waals surface area contributed by atoms with Gasteiger partial charge in [-0.05, 0) is 6.42 Å². The van der Waals surface area contributed by atoms with E-state index >= 15 is 0 Å². The van der Waals surface area contributed by atoms with Crippen molar-refractivity contribution >= 4 is 5.97 Å². The third kappa shape index (κ3) is 9.15. The molecule has 1 aliphatic heterocycles. The number of ether oxygens (including phenoxy) is 2. The maximum Gasteiger partial charge on any atom is 0.308 e. The Morgan fingerprint density at radius 2 is 1.64 bits per heavy atom. The topological polar surface area (TPSA) is 142 Å². The lowest BCUT2D eigenvalue weighted by Crippen LogP contribution is -2.63. The highest BCUT2D eigenvalue weighted by Gasteiger charge is 2.45. The summed E-state index contributed by atoms with van der Waals surface area (Å²) in [5.74, 6) is -0.700. The maximum atomic E-state index is 12.0. The van der Waals surface area contributed by atoms with Crippen molar-refractivity contribution in [3.63, 3.8) is 0 Å². The standard InChI is InChI=1S/C20H39NO7/c1-2-3-4-5-6-7-8-9-10-11-14(23)12-16(24)28-19-17(21)20(26)27-15(13-22)18(19)25/h14-15,17-20,22-23,25-26H,2-13,21H2,1H3/t14-,15-,17-,18-,19-,20?/m1/s1. The molecule has 0 saturated carbocycles. The third-order valence-electron chi connectivity index (χ3n) is 5.23. The summed E-state index contributed by atoms with van der Waals surface area (Å²) in [4.78, 5) is 12.0. The minimum Gasteiger partial charge on any atom is -0.458 e. The summed E-state index contributed by atoms with van der Waals surface area (Å²) >= 11 is 0. The van der Waals surface area contributed by atoms with Gasteiger partial charge in [0.25, 0.3) is 0 Å². The van der Waals surface area contributed by atoms with Crippen molar-refractivity contribution in [3.8, 4) is 0 Å². The minimum absolute atomic E-state index is 0.201. The Morgan fingerprint density at radius 1 is 1.07 bits per heavy atom. The second kappa shape index (κ2) is 14.3. The number of hydrogen-bond acceptors (Lipinski definition) is 8. The van der Waals surface area contributed by atoms with Crippen molar-refractivity contribution < 1.29 is 34.7 Å². The van der Waals surface area contributed by atoms with Crippen molar-refractivity contribution in [1.29, 1.82) is 0 Å². The van der Waals surface area contributed by atoms with Crippen LogP contribution in [0.5, 0.6) is 0 Å². The lowest BCUT2D eigenvalue weighted by atomic mass is 9.97. The minimum atomic E-state index is -1.45. The van der Waals surface area contributed by atoms with Crippen LogP contribution in [-0.4, -0.2) is 69.8 Å². The average molecular weight is 406 g/mol. The van der Waals surface area contributed by atoms with E-state index in [1.54, 1.807) is 0 Å². The van der Waals surface area contributed by atoms with Crippen LogP contribution in [0, 0.1) is 0 Å². The Balaban J connectivity index is 2.20. The van der Waals surface area contributed by atoms with Gasteiger partial charge in [0, 0.05) is 0 Å². The summed E-state index contributed by atoms with van der Waals surface area (Å²) in [6.07, 6.45) is 5.01. The molecular formula is C20H39NO7. The van der Waals surface area contributed by atoms with E-state index in [0.29, 0.717) is 6.42 Å². The van der Waals surface area contributed by atoms with Crippen LogP contribution in [-0.2, 0) is 14.3 Å². The van der Waals surface area contributed by atoms with Crippen LogP contribution in [0.25, 0.3) is 0 Å². The Morgan fingerprint density at radius 3 is 2.21 bits per heavy atom. The molecule has 28 heavy (non-hydrogen) atoms. The molecule has 1 fully saturated rings. The average Bonchev–Trinajstić information content (AvgIpc) is 2.66. The molecule has 0 radical (unpaired) electrons. The van der Waals surface area contributed by atoms with Crippen molar-refractivity contribution in [2.45, 2.75) is 114 Å². The predicted octanol–water partition coefficient (Wildman–Crippen LogP) is 0.968. The maximum absolute atomic E-state index is 12.0. The molecule has 6 atom stereocenters. The molecule has 1 rings (SSSR count). The fourth-order valence-electron chi connectivity index (χ4n) is 3.44. The van der Waals surface area contributed by atoms with Crippen molar-refractivity contribution in [2.24, 2.45) is 5.73 Å². The number of aliphatic hydroxyl groups is 4. The molecule has 0 spiro atoms. The number of unbranched alkanes of at least 4 members (excludes halogenated alkanes) is 8. The molecule has 1 saturated heterocycles. The van der Waals surface area contributed by atoms with Crippen LogP contribution in [0.4, 0.5) is 0 Å². The van der Waals surface area contributed by atoms with Crippen LogP contribution in [0.2, 0.25) is 0 Å². The molecular weight excluding hydrogens is 366 g/mol. The number of carbonyl (C=O) groups is 1. The van der Waals surface area contributed by atoms with E-state index in [1.165, 1.54) is 38.5 Å². The smallest absolute Gasteiger partial charge is 0.308 e. The molecule has 0 amide bonds. The first-order valence-corrected chi connectivity index (χ1v) is 10.7. The van der Waals surface area contributed by atoms with Gasteiger partial charge in [-0.15, -0.1) is 0 Å². The van der Waals surface area contributed by atoms with Crippen LogP contribution in [0.3, 0.4) is 0 Å². The van der Waals surface area contributed by atoms with Gasteiger partial charge in [-0.2, -0.15) is 0 Å². The summed E-state index contributed by atoms with van der Waals surface area (Å²) in [6.45, 7) is 1.66. The van der Waals surface area contributed by atoms with Gasteiger partial charge in [-0.25, -0.2) is 0 Å². The zero-order chi connectivity index (χ0) is 20.9. The van der Waals surface area contributed by atoms with Crippen molar-refractivity contribution in [2.75, 3.05) is 6.61 Å². The number of rotatable bonds is 14. The van der Waals surface area contributed by atoms with Crippen LogP contribution in [0.1, 0.15) is 77.6 Å².